The first-order valence-corrected chi connectivity index (χ1v) is 5.76. The van der Waals surface area contributed by atoms with Crippen LogP contribution in [0.25, 0.3) is 0 Å². The normalized spacial score (nSPS) is 14.5. The van der Waals surface area contributed by atoms with Gasteiger partial charge in [-0.15, -0.1) is 4.89 Å². The third kappa shape index (κ3) is 9.77. The SMILES string of the molecule is O=C(O)C[NH+](CO[P+](=O)[O-])CO[P+](=O)O. The third-order valence-corrected chi connectivity index (χ3v) is 1.84. The molecule has 86 valence electrons. The highest BCUT2D eigenvalue weighted by atomic mass is 31.1. The minimum absolute atomic E-state index is 0.0408. The molecule has 0 aromatic heterocycles. The first-order chi connectivity index (χ1) is 6.91. The first-order valence-electron chi connectivity index (χ1n) is 3.53. The summed E-state index contributed by atoms with van der Waals surface area (Å²) in [5, 5.41) is 8.40. The molecule has 0 fully saturated rings. The molecular weight excluding hydrogens is 252 g/mol. The van der Waals surface area contributed by atoms with Crippen LogP contribution in [-0.4, -0.2) is 36.0 Å². The molecule has 3 unspecified atom stereocenters. The fourth-order valence-corrected chi connectivity index (χ4v) is 1.23. The van der Waals surface area contributed by atoms with Gasteiger partial charge in [0.1, 0.15) is 0 Å². The number of hydrogen-bond donors (Lipinski definition) is 3. The van der Waals surface area contributed by atoms with Gasteiger partial charge in [0.2, 0.25) is 13.5 Å². The molecule has 0 amide bonds. The highest BCUT2D eigenvalue weighted by Gasteiger charge is 2.23. The largest absolute Gasteiger partial charge is 0.700 e. The summed E-state index contributed by atoms with van der Waals surface area (Å²) in [6, 6.07) is 0. The summed E-state index contributed by atoms with van der Waals surface area (Å²) >= 11 is 0. The molecule has 0 radical (unpaired) electrons. The summed E-state index contributed by atoms with van der Waals surface area (Å²) in [7, 11) is -5.94. The monoisotopic (exact) mass is 261 g/mol. The quantitative estimate of drug-likeness (QED) is 0.324. The van der Waals surface area contributed by atoms with E-state index in [0.29, 0.717) is 0 Å². The van der Waals surface area contributed by atoms with Crippen LogP contribution in [0, 0.1) is 0 Å². The fourth-order valence-electron chi connectivity index (χ4n) is 0.648. The predicted molar refractivity (Wildman–Crippen MR) is 42.8 cm³/mol. The molecule has 0 saturated carbocycles. The molecule has 0 aromatic carbocycles. The Morgan fingerprint density at radius 1 is 1.33 bits per heavy atom. The van der Waals surface area contributed by atoms with E-state index < -0.39 is 42.5 Å². The van der Waals surface area contributed by atoms with Gasteiger partial charge in [0.05, 0.1) is 0 Å². The lowest BCUT2D eigenvalue weighted by atomic mass is 10.6. The van der Waals surface area contributed by atoms with Gasteiger partial charge in [-0.3, -0.25) is 4.90 Å². The van der Waals surface area contributed by atoms with Gasteiger partial charge in [-0.05, 0) is 4.57 Å². The Kier molecular flexibility index (Phi) is 7.45. The maximum atomic E-state index is 10.3. The van der Waals surface area contributed by atoms with Gasteiger partial charge in [0.25, 0.3) is 0 Å². The van der Waals surface area contributed by atoms with Crippen LogP contribution < -0.4 is 9.79 Å². The number of nitrogens with one attached hydrogen (secondary N) is 1. The van der Waals surface area contributed by atoms with Crippen LogP contribution in [0.1, 0.15) is 0 Å². The summed E-state index contributed by atoms with van der Waals surface area (Å²) in [5.41, 5.74) is 0. The molecule has 0 bridgehead atoms. The van der Waals surface area contributed by atoms with Gasteiger partial charge in [0.15, 0.2) is 6.54 Å². The van der Waals surface area contributed by atoms with E-state index >= 15 is 0 Å². The molecular formula is C4H9NO8P2+2. The Balaban J connectivity index is 3.99. The summed E-state index contributed by atoms with van der Waals surface area (Å²) in [6.45, 7) is -1.41. The zero-order valence-corrected chi connectivity index (χ0v) is 9.15. The van der Waals surface area contributed by atoms with Crippen molar-refractivity contribution in [2.45, 2.75) is 0 Å². The Morgan fingerprint density at radius 2 is 1.87 bits per heavy atom. The standard InChI is InChI=1S/C4H7NO8P2/c6-4(7)1-5(2-12-14(8)9)3-13-15(10)11/h1-3H2,(H-,6,7,8,9)/p+2. The highest BCUT2D eigenvalue weighted by Crippen LogP contribution is 2.11. The number of hydrogen-bond acceptors (Lipinski definition) is 6. The van der Waals surface area contributed by atoms with Crippen molar-refractivity contribution in [3.05, 3.63) is 0 Å². The first kappa shape index (κ1) is 14.5. The molecule has 0 saturated heterocycles. The Labute approximate surface area is 86.1 Å². The van der Waals surface area contributed by atoms with Gasteiger partial charge in [0, 0.05) is 4.57 Å². The molecule has 3 N–H and O–H groups in total. The van der Waals surface area contributed by atoms with E-state index in [4.69, 9.17) is 10.00 Å². The average Bonchev–Trinajstić information content (AvgIpc) is 2.08. The van der Waals surface area contributed by atoms with E-state index in [0.717, 1.165) is 0 Å². The van der Waals surface area contributed by atoms with E-state index in [1.807, 2.05) is 0 Å². The van der Waals surface area contributed by atoms with E-state index in [1.54, 1.807) is 0 Å². The second-order valence-electron chi connectivity index (χ2n) is 2.33. The molecule has 3 atom stereocenters. The molecule has 11 heteroatoms. The van der Waals surface area contributed by atoms with Crippen molar-refractivity contribution >= 4 is 22.5 Å². The van der Waals surface area contributed by atoms with Crippen molar-refractivity contribution in [2.75, 3.05) is 20.0 Å². The summed E-state index contributed by atoms with van der Waals surface area (Å²) in [6.07, 6.45) is 0. The Hall–Kier alpha value is -0.530. The zero-order chi connectivity index (χ0) is 11.8. The Bertz CT molecular complexity index is 239. The maximum absolute atomic E-state index is 10.3. The smallest absolute Gasteiger partial charge is 0.566 e. The second-order valence-corrected chi connectivity index (χ2v) is 3.77. The van der Waals surface area contributed by atoms with Crippen LogP contribution in [0.5, 0.6) is 0 Å². The number of aliphatic carboxylic acids is 1. The number of carboxylic acid groups (broad SMARTS) is 1. The minimum atomic E-state index is -3.09. The van der Waals surface area contributed by atoms with Crippen molar-refractivity contribution in [1.82, 2.24) is 0 Å². The average molecular weight is 261 g/mol. The zero-order valence-electron chi connectivity index (χ0n) is 7.36. The van der Waals surface area contributed by atoms with Gasteiger partial charge in [-0.2, -0.15) is 0 Å². The predicted octanol–water partition coefficient (Wildman–Crippen LogP) is -2.43. The molecule has 0 heterocycles. The number of quaternary nitrogens is 1. The molecule has 15 heavy (non-hydrogen) atoms. The van der Waals surface area contributed by atoms with Gasteiger partial charge in [-0.25, -0.2) is 4.79 Å². The van der Waals surface area contributed by atoms with Crippen LogP contribution in [0.15, 0.2) is 0 Å². The molecule has 0 aliphatic rings. The summed E-state index contributed by atoms with van der Waals surface area (Å²) in [4.78, 5) is 28.6. The lowest BCUT2D eigenvalue weighted by molar-refractivity contribution is -0.924. The topological polar surface area (TPSA) is 138 Å². The molecule has 9 nitrogen and oxygen atoms in total. The van der Waals surface area contributed by atoms with Crippen molar-refractivity contribution in [3.63, 3.8) is 0 Å². The molecule has 0 aliphatic heterocycles. The van der Waals surface area contributed by atoms with E-state index in [-0.39, 0.29) is 4.90 Å². The van der Waals surface area contributed by atoms with E-state index in [2.05, 4.69) is 9.05 Å². The number of carbonyl (C=O) groups is 1. The van der Waals surface area contributed by atoms with Crippen LogP contribution in [0.3, 0.4) is 0 Å². The third-order valence-electron chi connectivity index (χ3n) is 1.15. The van der Waals surface area contributed by atoms with Crippen molar-refractivity contribution in [1.29, 1.82) is 0 Å². The van der Waals surface area contributed by atoms with Crippen molar-refractivity contribution < 1.29 is 42.8 Å². The lowest BCUT2D eigenvalue weighted by Gasteiger charge is -2.09. The number of rotatable bonds is 8. The van der Waals surface area contributed by atoms with Crippen molar-refractivity contribution in [2.24, 2.45) is 0 Å². The van der Waals surface area contributed by atoms with E-state index in [1.165, 1.54) is 0 Å². The summed E-state index contributed by atoms with van der Waals surface area (Å²) in [5.74, 6) is -1.22. The van der Waals surface area contributed by atoms with Crippen LogP contribution in [-0.2, 0) is 23.0 Å². The van der Waals surface area contributed by atoms with Gasteiger partial charge in [-0.1, -0.05) is 9.05 Å². The van der Waals surface area contributed by atoms with E-state index in [9.17, 15) is 18.8 Å². The van der Waals surface area contributed by atoms with Gasteiger partial charge < -0.3 is 10.00 Å². The van der Waals surface area contributed by atoms with Crippen LogP contribution in [0.2, 0.25) is 0 Å². The Morgan fingerprint density at radius 3 is 2.27 bits per heavy atom. The maximum Gasteiger partial charge on any atom is 0.700 e. The van der Waals surface area contributed by atoms with Gasteiger partial charge >= 0.3 is 22.5 Å². The minimum Gasteiger partial charge on any atom is -0.566 e. The van der Waals surface area contributed by atoms with Crippen LogP contribution in [0.4, 0.5) is 0 Å². The molecule has 0 rings (SSSR count). The lowest BCUT2D eigenvalue weighted by Crippen LogP contribution is -3.13. The van der Waals surface area contributed by atoms with Crippen LogP contribution >= 0.6 is 16.5 Å². The highest BCUT2D eigenvalue weighted by molar-refractivity contribution is 7.32. The molecule has 0 aliphatic carbocycles. The summed E-state index contributed by atoms with van der Waals surface area (Å²) < 4.78 is 28.5. The second kappa shape index (κ2) is 7.72. The van der Waals surface area contributed by atoms with Crippen molar-refractivity contribution in [3.8, 4) is 0 Å². The number of carboxylic acids is 1. The molecule has 0 spiro atoms. The fraction of sp³-hybridized carbons (Fsp3) is 0.750. The molecule has 0 aromatic rings.